The van der Waals surface area contributed by atoms with E-state index < -0.39 is 11.7 Å². The lowest BCUT2D eigenvalue weighted by Gasteiger charge is -2.40. The van der Waals surface area contributed by atoms with Gasteiger partial charge in [0.1, 0.15) is 5.60 Å². The Morgan fingerprint density at radius 2 is 1.79 bits per heavy atom. The molecule has 1 atom stereocenters. The molecule has 160 valence electrons. The number of carbonyl (C=O) groups excluding carboxylic acids is 2. The molecule has 2 aliphatic rings. The fraction of sp³-hybridized carbons (Fsp3) is 0.714. The molecule has 0 aromatic carbocycles. The smallest absolute Gasteiger partial charge is 0.407 e. The highest BCUT2D eigenvalue weighted by Gasteiger charge is 2.34. The normalized spacial score (nSPS) is 21.0. The second-order valence-corrected chi connectivity index (χ2v) is 8.87. The minimum absolute atomic E-state index is 0.0251. The third-order valence-electron chi connectivity index (χ3n) is 5.47. The van der Waals surface area contributed by atoms with Gasteiger partial charge < -0.3 is 19.9 Å². The van der Waals surface area contributed by atoms with E-state index in [1.807, 2.05) is 31.7 Å². The van der Waals surface area contributed by atoms with Crippen LogP contribution in [0.15, 0.2) is 18.5 Å². The quantitative estimate of drug-likeness (QED) is 0.831. The molecule has 8 nitrogen and oxygen atoms in total. The first-order chi connectivity index (χ1) is 13.8. The Labute approximate surface area is 173 Å². The first kappa shape index (κ1) is 21.3. The van der Waals surface area contributed by atoms with Crippen LogP contribution in [0.2, 0.25) is 0 Å². The Kier molecular flexibility index (Phi) is 6.92. The number of nitrogens with zero attached hydrogens (tertiary/aromatic N) is 4. The van der Waals surface area contributed by atoms with E-state index in [1.165, 1.54) is 0 Å². The van der Waals surface area contributed by atoms with Gasteiger partial charge >= 0.3 is 6.09 Å². The molecule has 0 spiro atoms. The maximum Gasteiger partial charge on any atom is 0.407 e. The lowest BCUT2D eigenvalue weighted by atomic mass is 9.92. The number of anilines is 1. The summed E-state index contributed by atoms with van der Waals surface area (Å²) in [5.41, 5.74) is -0.525. The average molecular weight is 404 g/mol. The predicted molar refractivity (Wildman–Crippen MR) is 111 cm³/mol. The Morgan fingerprint density at radius 1 is 1.10 bits per heavy atom. The molecule has 1 aromatic rings. The van der Waals surface area contributed by atoms with Crippen LogP contribution in [0.1, 0.15) is 52.9 Å². The number of carbonyl (C=O) groups is 2. The summed E-state index contributed by atoms with van der Waals surface area (Å²) in [4.78, 5) is 38.0. The number of hydrogen-bond acceptors (Lipinski definition) is 6. The molecule has 2 aliphatic heterocycles. The van der Waals surface area contributed by atoms with Crippen LogP contribution in [0, 0.1) is 5.92 Å². The van der Waals surface area contributed by atoms with Crippen molar-refractivity contribution in [2.24, 2.45) is 5.92 Å². The maximum absolute atomic E-state index is 13.2. The van der Waals surface area contributed by atoms with Crippen LogP contribution in [-0.4, -0.2) is 64.7 Å². The minimum atomic E-state index is -0.525. The molecule has 3 heterocycles. The van der Waals surface area contributed by atoms with Gasteiger partial charge in [0.05, 0.1) is 0 Å². The summed E-state index contributed by atoms with van der Waals surface area (Å²) in [6.45, 7) is 8.31. The number of piperidine rings is 2. The van der Waals surface area contributed by atoms with Crippen molar-refractivity contribution in [2.45, 2.75) is 64.5 Å². The summed E-state index contributed by atoms with van der Waals surface area (Å²) in [5, 5.41) is 2.85. The van der Waals surface area contributed by atoms with E-state index in [0.29, 0.717) is 6.54 Å². The van der Waals surface area contributed by atoms with Crippen molar-refractivity contribution in [1.82, 2.24) is 20.2 Å². The highest BCUT2D eigenvalue weighted by Crippen LogP contribution is 2.26. The highest BCUT2D eigenvalue weighted by atomic mass is 16.6. The molecular weight excluding hydrogens is 370 g/mol. The largest absolute Gasteiger partial charge is 0.444 e. The summed E-state index contributed by atoms with van der Waals surface area (Å²) in [5.74, 6) is 0.974. The third kappa shape index (κ3) is 6.05. The SMILES string of the molecule is CC(C)(C)OC(=O)NC[C@H]1CCCCN1C(=O)C1CCN(c2ncccn2)CC1. The van der Waals surface area contributed by atoms with Crippen LogP contribution in [-0.2, 0) is 9.53 Å². The summed E-state index contributed by atoms with van der Waals surface area (Å²) >= 11 is 0. The molecule has 1 aromatic heterocycles. The van der Waals surface area contributed by atoms with Crippen LogP contribution in [0.25, 0.3) is 0 Å². The van der Waals surface area contributed by atoms with E-state index >= 15 is 0 Å². The van der Waals surface area contributed by atoms with E-state index in [9.17, 15) is 9.59 Å². The zero-order valence-corrected chi connectivity index (χ0v) is 17.8. The maximum atomic E-state index is 13.2. The van der Waals surface area contributed by atoms with Crippen molar-refractivity contribution in [2.75, 3.05) is 31.1 Å². The average Bonchev–Trinajstić information content (AvgIpc) is 2.71. The second kappa shape index (κ2) is 9.41. The van der Waals surface area contributed by atoms with Crippen molar-refractivity contribution >= 4 is 17.9 Å². The summed E-state index contributed by atoms with van der Waals surface area (Å²) in [6.07, 6.45) is 7.69. The van der Waals surface area contributed by atoms with Crippen LogP contribution in [0.3, 0.4) is 0 Å². The molecular formula is C21H33N5O3. The topological polar surface area (TPSA) is 87.7 Å². The van der Waals surface area contributed by atoms with Gasteiger partial charge in [0.15, 0.2) is 0 Å². The minimum Gasteiger partial charge on any atom is -0.444 e. The Bertz CT molecular complexity index is 683. The lowest BCUT2D eigenvalue weighted by molar-refractivity contribution is -0.139. The van der Waals surface area contributed by atoms with Crippen molar-refractivity contribution in [1.29, 1.82) is 0 Å². The fourth-order valence-corrected chi connectivity index (χ4v) is 4.03. The number of rotatable bonds is 4. The van der Waals surface area contributed by atoms with Crippen LogP contribution in [0.5, 0.6) is 0 Å². The zero-order valence-electron chi connectivity index (χ0n) is 17.8. The van der Waals surface area contributed by atoms with Gasteiger partial charge in [-0.2, -0.15) is 0 Å². The van der Waals surface area contributed by atoms with Crippen molar-refractivity contribution in [3.8, 4) is 0 Å². The van der Waals surface area contributed by atoms with Gasteiger partial charge in [-0.15, -0.1) is 0 Å². The third-order valence-corrected chi connectivity index (χ3v) is 5.47. The number of nitrogens with one attached hydrogen (secondary N) is 1. The predicted octanol–water partition coefficient (Wildman–Crippen LogP) is 2.60. The van der Waals surface area contributed by atoms with Crippen LogP contribution in [0.4, 0.5) is 10.7 Å². The van der Waals surface area contributed by atoms with E-state index in [0.717, 1.165) is 57.7 Å². The standard InChI is InChI=1S/C21H33N5O3/c1-21(2,3)29-20(28)24-15-17-7-4-5-12-26(17)18(27)16-8-13-25(14-9-16)19-22-10-6-11-23-19/h6,10-11,16-17H,4-5,7-9,12-15H2,1-3H3,(H,24,28)/t17-/m1/s1. The first-order valence-electron chi connectivity index (χ1n) is 10.6. The Hall–Kier alpha value is -2.38. The molecule has 0 saturated carbocycles. The van der Waals surface area contributed by atoms with Crippen molar-refractivity contribution in [3.63, 3.8) is 0 Å². The molecule has 29 heavy (non-hydrogen) atoms. The number of aromatic nitrogens is 2. The summed E-state index contributed by atoms with van der Waals surface area (Å²) < 4.78 is 5.32. The fourth-order valence-electron chi connectivity index (χ4n) is 4.03. The van der Waals surface area contributed by atoms with Gasteiger partial charge in [-0.1, -0.05) is 0 Å². The number of hydrogen-bond donors (Lipinski definition) is 1. The monoisotopic (exact) mass is 403 g/mol. The van der Waals surface area contributed by atoms with Crippen LogP contribution < -0.4 is 10.2 Å². The van der Waals surface area contributed by atoms with Crippen molar-refractivity contribution in [3.05, 3.63) is 18.5 Å². The van der Waals surface area contributed by atoms with E-state index in [-0.39, 0.29) is 17.9 Å². The summed E-state index contributed by atoms with van der Waals surface area (Å²) in [7, 11) is 0. The molecule has 2 fully saturated rings. The molecule has 3 rings (SSSR count). The second-order valence-electron chi connectivity index (χ2n) is 8.87. The number of amides is 2. The summed E-state index contributed by atoms with van der Waals surface area (Å²) in [6, 6.07) is 1.85. The Morgan fingerprint density at radius 3 is 2.45 bits per heavy atom. The molecule has 0 unspecified atom stereocenters. The van der Waals surface area contributed by atoms with Gasteiger partial charge in [0, 0.05) is 50.5 Å². The Balaban J connectivity index is 1.52. The zero-order chi connectivity index (χ0) is 20.9. The van der Waals surface area contributed by atoms with Gasteiger partial charge in [-0.3, -0.25) is 4.79 Å². The molecule has 2 saturated heterocycles. The number of likely N-dealkylation sites (tertiary alicyclic amines) is 1. The highest BCUT2D eigenvalue weighted by molar-refractivity contribution is 5.79. The molecule has 2 amide bonds. The molecule has 0 bridgehead atoms. The van der Waals surface area contributed by atoms with E-state index in [1.54, 1.807) is 12.4 Å². The molecule has 0 radical (unpaired) electrons. The van der Waals surface area contributed by atoms with E-state index in [2.05, 4.69) is 20.2 Å². The first-order valence-corrected chi connectivity index (χ1v) is 10.6. The van der Waals surface area contributed by atoms with Gasteiger partial charge in [0.25, 0.3) is 0 Å². The lowest BCUT2D eigenvalue weighted by Crippen LogP contribution is -2.53. The van der Waals surface area contributed by atoms with Crippen LogP contribution >= 0.6 is 0 Å². The molecule has 8 heteroatoms. The van der Waals surface area contributed by atoms with Gasteiger partial charge in [-0.05, 0) is 58.9 Å². The van der Waals surface area contributed by atoms with E-state index in [4.69, 9.17) is 4.74 Å². The number of alkyl carbamates (subject to hydrolysis) is 1. The van der Waals surface area contributed by atoms with Gasteiger partial charge in [0.2, 0.25) is 11.9 Å². The number of ether oxygens (including phenoxy) is 1. The molecule has 0 aliphatic carbocycles. The van der Waals surface area contributed by atoms with Gasteiger partial charge in [-0.25, -0.2) is 14.8 Å². The van der Waals surface area contributed by atoms with Crippen molar-refractivity contribution < 1.29 is 14.3 Å². The molecule has 1 N–H and O–H groups in total.